The normalized spacial score (nSPS) is 12.3. The molecule has 1 atom stereocenters. The molecule has 2 heterocycles. The molecule has 1 N–H and O–H groups in total. The fourth-order valence-electron chi connectivity index (χ4n) is 2.98. The number of furan rings is 1. The highest BCUT2D eigenvalue weighted by Gasteiger charge is 2.16. The molecular formula is C22H18BrClN2O3. The maximum atomic E-state index is 12.4. The number of anilines is 1. The third-order valence-electron chi connectivity index (χ3n) is 4.85. The van der Waals surface area contributed by atoms with Gasteiger partial charge in [0, 0.05) is 5.56 Å². The molecule has 2 aromatic heterocycles. The number of halogens is 2. The lowest BCUT2D eigenvalue weighted by Crippen LogP contribution is -2.11. The molecule has 0 saturated carbocycles. The number of benzene rings is 2. The van der Waals surface area contributed by atoms with Crippen molar-refractivity contribution >= 4 is 50.2 Å². The predicted octanol–water partition coefficient (Wildman–Crippen LogP) is 7.27. The highest BCUT2D eigenvalue weighted by Crippen LogP contribution is 2.32. The molecule has 0 fully saturated rings. The van der Waals surface area contributed by atoms with Gasteiger partial charge < -0.3 is 14.2 Å². The van der Waals surface area contributed by atoms with Crippen LogP contribution in [-0.4, -0.2) is 10.9 Å². The molecule has 29 heavy (non-hydrogen) atoms. The van der Waals surface area contributed by atoms with E-state index < -0.39 is 5.91 Å². The van der Waals surface area contributed by atoms with E-state index in [1.807, 2.05) is 12.1 Å². The van der Waals surface area contributed by atoms with Gasteiger partial charge in [-0.1, -0.05) is 31.5 Å². The number of amides is 1. The van der Waals surface area contributed by atoms with E-state index >= 15 is 0 Å². The molecule has 2 aromatic carbocycles. The summed E-state index contributed by atoms with van der Waals surface area (Å²) in [5, 5.41) is 3.17. The number of hydrogen-bond acceptors (Lipinski definition) is 4. The van der Waals surface area contributed by atoms with Gasteiger partial charge >= 0.3 is 0 Å². The van der Waals surface area contributed by atoms with Crippen molar-refractivity contribution in [3.8, 4) is 11.5 Å². The minimum absolute atomic E-state index is 0.179. The summed E-state index contributed by atoms with van der Waals surface area (Å²) in [6, 6.07) is 14.5. The lowest BCUT2D eigenvalue weighted by molar-refractivity contribution is 0.0995. The van der Waals surface area contributed by atoms with Crippen molar-refractivity contribution in [2.24, 2.45) is 0 Å². The number of rotatable bonds is 5. The maximum absolute atomic E-state index is 12.4. The zero-order valence-corrected chi connectivity index (χ0v) is 18.2. The molecule has 4 aromatic rings. The van der Waals surface area contributed by atoms with Crippen molar-refractivity contribution in [1.82, 2.24) is 4.98 Å². The number of aromatic nitrogens is 1. The minimum atomic E-state index is -0.398. The zero-order chi connectivity index (χ0) is 20.5. The van der Waals surface area contributed by atoms with Crippen LogP contribution in [0.4, 0.5) is 5.69 Å². The van der Waals surface area contributed by atoms with Crippen molar-refractivity contribution in [1.29, 1.82) is 0 Å². The van der Waals surface area contributed by atoms with Crippen LogP contribution in [0.5, 0.6) is 0 Å². The summed E-state index contributed by atoms with van der Waals surface area (Å²) in [5.41, 5.74) is 3.91. The van der Waals surface area contributed by atoms with Crippen LogP contribution in [0.25, 0.3) is 22.6 Å². The van der Waals surface area contributed by atoms with Crippen molar-refractivity contribution in [3.05, 3.63) is 69.5 Å². The highest BCUT2D eigenvalue weighted by atomic mass is 79.9. The molecule has 0 saturated heterocycles. The Morgan fingerprint density at radius 2 is 2.00 bits per heavy atom. The van der Waals surface area contributed by atoms with Crippen molar-refractivity contribution < 1.29 is 13.6 Å². The minimum Gasteiger partial charge on any atom is -0.444 e. The van der Waals surface area contributed by atoms with Crippen LogP contribution in [0.2, 0.25) is 5.02 Å². The van der Waals surface area contributed by atoms with Crippen LogP contribution >= 0.6 is 27.5 Å². The number of carbonyl (C=O) groups excluding carboxylic acids is 1. The molecule has 4 rings (SSSR count). The third-order valence-corrected chi connectivity index (χ3v) is 5.61. The topological polar surface area (TPSA) is 68.3 Å². The van der Waals surface area contributed by atoms with E-state index in [1.54, 1.807) is 24.3 Å². The number of nitrogens with zero attached hydrogens (tertiary/aromatic N) is 1. The lowest BCUT2D eigenvalue weighted by atomic mass is 9.98. The van der Waals surface area contributed by atoms with Gasteiger partial charge in [-0.2, -0.15) is 0 Å². The van der Waals surface area contributed by atoms with Gasteiger partial charge in [0.05, 0.1) is 10.7 Å². The second-order valence-electron chi connectivity index (χ2n) is 6.81. The van der Waals surface area contributed by atoms with Gasteiger partial charge in [0.2, 0.25) is 5.89 Å². The molecule has 0 aliphatic carbocycles. The summed E-state index contributed by atoms with van der Waals surface area (Å²) in [7, 11) is 0. The van der Waals surface area contributed by atoms with Crippen LogP contribution in [-0.2, 0) is 0 Å². The third kappa shape index (κ3) is 4.09. The molecule has 0 unspecified atom stereocenters. The number of oxazole rings is 1. The van der Waals surface area contributed by atoms with Gasteiger partial charge in [-0.05, 0) is 76.3 Å². The first-order valence-electron chi connectivity index (χ1n) is 9.21. The Morgan fingerprint density at radius 3 is 2.72 bits per heavy atom. The summed E-state index contributed by atoms with van der Waals surface area (Å²) >= 11 is 9.45. The average Bonchev–Trinajstić information content (AvgIpc) is 3.34. The van der Waals surface area contributed by atoms with E-state index in [0.717, 1.165) is 11.9 Å². The van der Waals surface area contributed by atoms with Gasteiger partial charge in [0.1, 0.15) is 5.52 Å². The smallest absolute Gasteiger partial charge is 0.291 e. The molecule has 0 aliphatic rings. The van der Waals surface area contributed by atoms with Crippen LogP contribution in [0.15, 0.2) is 62.0 Å². The maximum Gasteiger partial charge on any atom is 0.291 e. The molecule has 1 amide bonds. The quantitative estimate of drug-likeness (QED) is 0.331. The molecular weight excluding hydrogens is 456 g/mol. The lowest BCUT2D eigenvalue weighted by Gasteiger charge is -2.07. The van der Waals surface area contributed by atoms with Crippen LogP contribution < -0.4 is 5.32 Å². The van der Waals surface area contributed by atoms with Crippen LogP contribution in [0.3, 0.4) is 0 Å². The monoisotopic (exact) mass is 472 g/mol. The fraction of sp³-hybridized carbons (Fsp3) is 0.182. The number of hydrogen-bond donors (Lipinski definition) is 1. The largest absolute Gasteiger partial charge is 0.444 e. The molecule has 0 spiro atoms. The second-order valence-corrected chi connectivity index (χ2v) is 8.00. The van der Waals surface area contributed by atoms with Gasteiger partial charge in [-0.3, -0.25) is 4.79 Å². The summed E-state index contributed by atoms with van der Waals surface area (Å²) in [5.74, 6) is 0.705. The molecule has 0 aliphatic heterocycles. The Kier molecular flexibility index (Phi) is 5.48. The first-order valence-corrected chi connectivity index (χ1v) is 10.4. The fourth-order valence-corrected chi connectivity index (χ4v) is 3.46. The summed E-state index contributed by atoms with van der Waals surface area (Å²) in [6.45, 7) is 4.35. The van der Waals surface area contributed by atoms with Gasteiger partial charge in [0.25, 0.3) is 5.91 Å². The van der Waals surface area contributed by atoms with E-state index in [-0.39, 0.29) is 5.76 Å². The number of carbonyl (C=O) groups is 1. The second kappa shape index (κ2) is 8.05. The number of fused-ring (bicyclic) bond motifs is 1. The SMILES string of the molecule is CC[C@@H](C)c1ccc2oc(-c3ccc(Cl)c(NC(=O)c4ccc(Br)o4)c3)nc2c1. The van der Waals surface area contributed by atoms with E-state index in [2.05, 4.69) is 52.2 Å². The van der Waals surface area contributed by atoms with E-state index in [4.69, 9.17) is 20.4 Å². The molecule has 0 bridgehead atoms. The Bertz CT molecular complexity index is 1200. The van der Waals surface area contributed by atoms with Gasteiger partial charge in [0.15, 0.2) is 16.0 Å². The predicted molar refractivity (Wildman–Crippen MR) is 118 cm³/mol. The van der Waals surface area contributed by atoms with Crippen molar-refractivity contribution in [2.75, 3.05) is 5.32 Å². The first kappa shape index (κ1) is 19.7. The molecule has 0 radical (unpaired) electrons. The highest BCUT2D eigenvalue weighted by molar-refractivity contribution is 9.10. The zero-order valence-electron chi connectivity index (χ0n) is 15.8. The Hall–Kier alpha value is -2.57. The van der Waals surface area contributed by atoms with Crippen LogP contribution in [0.1, 0.15) is 42.3 Å². The Labute approximate surface area is 181 Å². The number of nitrogens with one attached hydrogen (secondary N) is 1. The van der Waals surface area contributed by atoms with E-state index in [1.165, 1.54) is 5.56 Å². The molecule has 148 valence electrons. The van der Waals surface area contributed by atoms with E-state index in [0.29, 0.717) is 38.3 Å². The Balaban J connectivity index is 1.65. The summed E-state index contributed by atoms with van der Waals surface area (Å²) < 4.78 is 11.7. The standard InChI is InChI=1S/C22H18BrClN2O3/c1-3-12(2)13-5-7-18-17(10-13)26-22(29-18)14-4-6-15(24)16(11-14)25-21(27)19-8-9-20(23)28-19/h4-12H,3H2,1-2H3,(H,25,27)/t12-/m1/s1. The Morgan fingerprint density at radius 1 is 1.17 bits per heavy atom. The molecule has 5 nitrogen and oxygen atoms in total. The van der Waals surface area contributed by atoms with Crippen molar-refractivity contribution in [3.63, 3.8) is 0 Å². The summed E-state index contributed by atoms with van der Waals surface area (Å²) in [6.07, 6.45) is 1.06. The van der Waals surface area contributed by atoms with E-state index in [9.17, 15) is 4.79 Å². The van der Waals surface area contributed by atoms with Crippen molar-refractivity contribution in [2.45, 2.75) is 26.2 Å². The summed E-state index contributed by atoms with van der Waals surface area (Å²) in [4.78, 5) is 17.0. The van der Waals surface area contributed by atoms with Gasteiger partial charge in [-0.25, -0.2) is 4.98 Å². The van der Waals surface area contributed by atoms with Gasteiger partial charge in [-0.15, -0.1) is 0 Å². The average molecular weight is 474 g/mol. The molecule has 7 heteroatoms. The van der Waals surface area contributed by atoms with Crippen LogP contribution in [0, 0.1) is 0 Å². The first-order chi connectivity index (χ1) is 13.9.